The summed E-state index contributed by atoms with van der Waals surface area (Å²) in [6, 6.07) is 6.11. The van der Waals surface area contributed by atoms with Crippen molar-refractivity contribution in [3.8, 4) is 5.75 Å². The second-order valence-electron chi connectivity index (χ2n) is 5.01. The van der Waals surface area contributed by atoms with Crippen molar-refractivity contribution >= 4 is 15.7 Å². The van der Waals surface area contributed by atoms with E-state index in [0.29, 0.717) is 12.6 Å². The van der Waals surface area contributed by atoms with Crippen LogP contribution in [0.15, 0.2) is 24.3 Å². The van der Waals surface area contributed by atoms with Crippen LogP contribution in [0.3, 0.4) is 0 Å². The normalized spacial score (nSPS) is 16.8. The van der Waals surface area contributed by atoms with E-state index in [9.17, 15) is 17.2 Å². The largest absolute Gasteiger partial charge is 0.433 e. The Hall–Kier alpha value is -1.41. The number of nitrogens with one attached hydrogen (secondary N) is 2. The van der Waals surface area contributed by atoms with Crippen molar-refractivity contribution in [1.29, 1.82) is 0 Å². The third kappa shape index (κ3) is 4.82. The second-order valence-corrected chi connectivity index (χ2v) is 7.11. The van der Waals surface area contributed by atoms with Gasteiger partial charge >= 0.3 is 6.61 Å². The number of anilines is 1. The predicted molar refractivity (Wildman–Crippen MR) is 76.1 cm³/mol. The number of alkyl halides is 2. The van der Waals surface area contributed by atoms with Gasteiger partial charge in [-0.15, -0.1) is 0 Å². The van der Waals surface area contributed by atoms with Crippen molar-refractivity contribution < 1.29 is 21.9 Å². The predicted octanol–water partition coefficient (Wildman–Crippen LogP) is 2.17. The minimum absolute atomic E-state index is 0.0103. The first-order chi connectivity index (χ1) is 9.88. The van der Waals surface area contributed by atoms with E-state index in [-0.39, 0.29) is 11.4 Å². The molecule has 1 aliphatic rings. The highest BCUT2D eigenvalue weighted by Crippen LogP contribution is 2.27. The highest BCUT2D eigenvalue weighted by Gasteiger charge is 2.26. The quantitative estimate of drug-likeness (QED) is 0.770. The minimum Gasteiger partial charge on any atom is -0.433 e. The number of hydrogen-bond acceptors (Lipinski definition) is 4. The van der Waals surface area contributed by atoms with Gasteiger partial charge in [0.15, 0.2) is 0 Å². The molecule has 0 spiro atoms. The third-order valence-electron chi connectivity index (χ3n) is 3.16. The number of rotatable bonds is 8. The van der Waals surface area contributed by atoms with Crippen molar-refractivity contribution in [3.63, 3.8) is 0 Å². The zero-order valence-corrected chi connectivity index (χ0v) is 12.4. The third-order valence-corrected chi connectivity index (χ3v) is 4.89. The van der Waals surface area contributed by atoms with E-state index in [1.54, 1.807) is 13.0 Å². The Balaban J connectivity index is 2.04. The van der Waals surface area contributed by atoms with Crippen molar-refractivity contribution in [2.75, 3.05) is 11.3 Å². The lowest BCUT2D eigenvalue weighted by molar-refractivity contribution is -0.0493. The van der Waals surface area contributed by atoms with E-state index < -0.39 is 21.9 Å². The van der Waals surface area contributed by atoms with Crippen LogP contribution < -0.4 is 14.8 Å². The minimum atomic E-state index is -3.68. The standard InChI is InChI=1S/C13H18F2N2O3S/c1-9(8-16-10-6-7-10)21(18,19)17-11-4-2-3-5-12(11)20-13(14)15/h2-5,9-10,13,16-17H,6-8H2,1H3. The summed E-state index contributed by atoms with van der Waals surface area (Å²) >= 11 is 0. The molecule has 8 heteroatoms. The van der Waals surface area contributed by atoms with Crippen LogP contribution >= 0.6 is 0 Å². The number of para-hydroxylation sites is 2. The fourth-order valence-electron chi connectivity index (χ4n) is 1.73. The highest BCUT2D eigenvalue weighted by atomic mass is 32.2. The molecule has 0 aliphatic heterocycles. The lowest BCUT2D eigenvalue weighted by Gasteiger charge is -2.17. The van der Waals surface area contributed by atoms with E-state index in [1.165, 1.54) is 18.2 Å². The Morgan fingerprint density at radius 1 is 1.33 bits per heavy atom. The number of ether oxygens (including phenoxy) is 1. The van der Waals surface area contributed by atoms with Crippen LogP contribution in [0, 0.1) is 0 Å². The number of sulfonamides is 1. The molecule has 0 heterocycles. The average Bonchev–Trinajstić information content (AvgIpc) is 3.21. The molecule has 21 heavy (non-hydrogen) atoms. The summed E-state index contributed by atoms with van der Waals surface area (Å²) < 4.78 is 55.6. The Morgan fingerprint density at radius 3 is 2.62 bits per heavy atom. The fourth-order valence-corrected chi connectivity index (χ4v) is 2.73. The molecule has 0 radical (unpaired) electrons. The molecule has 1 aromatic rings. The van der Waals surface area contributed by atoms with Gasteiger partial charge in [0.1, 0.15) is 5.75 Å². The van der Waals surface area contributed by atoms with Crippen LogP contribution in [0.25, 0.3) is 0 Å². The molecule has 2 rings (SSSR count). The molecule has 1 unspecified atom stereocenters. The fraction of sp³-hybridized carbons (Fsp3) is 0.538. The topological polar surface area (TPSA) is 67.4 Å². The number of halogens is 2. The SMILES string of the molecule is CC(CNC1CC1)S(=O)(=O)Nc1ccccc1OC(F)F. The maximum absolute atomic E-state index is 12.3. The van der Waals surface area contributed by atoms with E-state index in [4.69, 9.17) is 0 Å². The second kappa shape index (κ2) is 6.57. The molecule has 1 aliphatic carbocycles. The first-order valence-corrected chi connectivity index (χ1v) is 8.22. The van der Waals surface area contributed by atoms with Gasteiger partial charge < -0.3 is 10.1 Å². The number of benzene rings is 1. The lowest BCUT2D eigenvalue weighted by atomic mass is 10.3. The number of hydrogen-bond donors (Lipinski definition) is 2. The molecule has 1 saturated carbocycles. The Bertz CT molecular complexity index is 577. The molecule has 1 fully saturated rings. The molecule has 0 bridgehead atoms. The molecule has 5 nitrogen and oxygen atoms in total. The average molecular weight is 320 g/mol. The summed E-state index contributed by atoms with van der Waals surface area (Å²) in [6.45, 7) is -1.13. The van der Waals surface area contributed by atoms with Gasteiger partial charge in [-0.2, -0.15) is 8.78 Å². The maximum atomic E-state index is 12.3. The molecule has 2 N–H and O–H groups in total. The summed E-state index contributed by atoms with van der Waals surface area (Å²) in [4.78, 5) is 0. The zero-order valence-electron chi connectivity index (χ0n) is 11.6. The molecule has 1 atom stereocenters. The van der Waals surface area contributed by atoms with Gasteiger partial charge in [-0.25, -0.2) is 8.42 Å². The molecule has 0 amide bonds. The Labute approximate surface area is 122 Å². The zero-order chi connectivity index (χ0) is 15.5. The van der Waals surface area contributed by atoms with Crippen LogP contribution in [-0.4, -0.2) is 32.9 Å². The van der Waals surface area contributed by atoms with Crippen LogP contribution in [0.2, 0.25) is 0 Å². The monoisotopic (exact) mass is 320 g/mol. The first-order valence-electron chi connectivity index (χ1n) is 6.67. The van der Waals surface area contributed by atoms with Crippen molar-refractivity contribution in [2.45, 2.75) is 37.7 Å². The van der Waals surface area contributed by atoms with Gasteiger partial charge in [0.2, 0.25) is 10.0 Å². The summed E-state index contributed by atoms with van der Waals surface area (Å²) in [7, 11) is -3.68. The van der Waals surface area contributed by atoms with E-state index >= 15 is 0 Å². The molecule has 0 aromatic heterocycles. The smallest absolute Gasteiger partial charge is 0.387 e. The Morgan fingerprint density at radius 2 is 2.00 bits per heavy atom. The molecule has 118 valence electrons. The summed E-state index contributed by atoms with van der Waals surface area (Å²) in [5.41, 5.74) is 0.0103. The van der Waals surface area contributed by atoms with Crippen molar-refractivity contribution in [1.82, 2.24) is 5.32 Å². The van der Waals surface area contributed by atoms with Crippen molar-refractivity contribution in [3.05, 3.63) is 24.3 Å². The first kappa shape index (κ1) is 16.0. The molecule has 1 aromatic carbocycles. The van der Waals surface area contributed by atoms with Gasteiger partial charge in [-0.1, -0.05) is 12.1 Å². The van der Waals surface area contributed by atoms with E-state index in [2.05, 4.69) is 14.8 Å². The molecular weight excluding hydrogens is 302 g/mol. The van der Waals surface area contributed by atoms with Gasteiger partial charge in [0.25, 0.3) is 0 Å². The summed E-state index contributed by atoms with van der Waals surface area (Å²) in [5, 5.41) is 2.44. The Kier molecular flexibility index (Phi) is 5.00. The van der Waals surface area contributed by atoms with Crippen molar-refractivity contribution in [2.24, 2.45) is 0 Å². The van der Waals surface area contributed by atoms with Gasteiger partial charge in [-0.05, 0) is 31.9 Å². The van der Waals surface area contributed by atoms with Crippen LogP contribution in [0.5, 0.6) is 5.75 Å². The van der Waals surface area contributed by atoms with Gasteiger partial charge in [0.05, 0.1) is 10.9 Å². The van der Waals surface area contributed by atoms with E-state index in [0.717, 1.165) is 12.8 Å². The van der Waals surface area contributed by atoms with Crippen LogP contribution in [0.4, 0.5) is 14.5 Å². The van der Waals surface area contributed by atoms with E-state index in [1.807, 2.05) is 0 Å². The van der Waals surface area contributed by atoms with Crippen LogP contribution in [-0.2, 0) is 10.0 Å². The molecule has 0 saturated heterocycles. The van der Waals surface area contributed by atoms with Crippen LogP contribution in [0.1, 0.15) is 19.8 Å². The van der Waals surface area contributed by atoms with Gasteiger partial charge in [-0.3, -0.25) is 4.72 Å². The summed E-state index contributed by atoms with van der Waals surface area (Å²) in [6.07, 6.45) is 2.12. The molecular formula is C13H18F2N2O3S. The highest BCUT2D eigenvalue weighted by molar-refractivity contribution is 7.93. The summed E-state index contributed by atoms with van der Waals surface area (Å²) in [5.74, 6) is -0.196. The van der Waals surface area contributed by atoms with Gasteiger partial charge in [0, 0.05) is 12.6 Å². The maximum Gasteiger partial charge on any atom is 0.387 e. The lowest BCUT2D eigenvalue weighted by Crippen LogP contribution is -2.35.